The molecule has 0 aliphatic heterocycles. The van der Waals surface area contributed by atoms with Gasteiger partial charge >= 0.3 is 0 Å². The summed E-state index contributed by atoms with van der Waals surface area (Å²) in [5.74, 6) is 1.90. The van der Waals surface area contributed by atoms with Gasteiger partial charge in [-0.3, -0.25) is 0 Å². The molecule has 0 radical (unpaired) electrons. The number of phenols is 1. The van der Waals surface area contributed by atoms with Gasteiger partial charge in [-0.15, -0.1) is 0 Å². The van der Waals surface area contributed by atoms with Gasteiger partial charge in [0.05, 0.1) is 0 Å². The van der Waals surface area contributed by atoms with Crippen LogP contribution in [-0.2, 0) is 11.2 Å². The van der Waals surface area contributed by atoms with Crippen LogP contribution in [0.15, 0.2) is 30.3 Å². The van der Waals surface area contributed by atoms with Gasteiger partial charge in [0.25, 0.3) is 0 Å². The van der Waals surface area contributed by atoms with Crippen LogP contribution in [0.5, 0.6) is 5.75 Å². The van der Waals surface area contributed by atoms with Gasteiger partial charge in [-0.05, 0) is 17.7 Å². The van der Waals surface area contributed by atoms with Crippen molar-refractivity contribution in [2.45, 2.75) is 6.42 Å². The summed E-state index contributed by atoms with van der Waals surface area (Å²) >= 11 is 0. The SMILES string of the molecule is O=C=CCc1cccc(O)c1. The Balaban J connectivity index is 2.79. The number of phenolic OH excluding ortho intramolecular Hbond substituents is 1. The van der Waals surface area contributed by atoms with E-state index in [1.807, 2.05) is 6.07 Å². The maximum atomic E-state index is 9.82. The van der Waals surface area contributed by atoms with Crippen LogP contribution in [0.4, 0.5) is 0 Å². The average molecular weight is 148 g/mol. The predicted molar refractivity (Wildman–Crippen MR) is 42.1 cm³/mol. The maximum Gasteiger partial charge on any atom is 0.120 e. The Morgan fingerprint density at radius 1 is 1.55 bits per heavy atom. The molecule has 0 heterocycles. The molecule has 0 saturated heterocycles. The average Bonchev–Trinajstić information content (AvgIpc) is 2.01. The fraction of sp³-hybridized carbons (Fsp3) is 0.111. The molecule has 56 valence electrons. The van der Waals surface area contributed by atoms with Crippen LogP contribution in [0.2, 0.25) is 0 Å². The molecule has 0 aliphatic carbocycles. The highest BCUT2D eigenvalue weighted by Gasteiger charge is 1.90. The van der Waals surface area contributed by atoms with E-state index in [4.69, 9.17) is 5.11 Å². The molecule has 1 aromatic rings. The third-order valence-corrected chi connectivity index (χ3v) is 1.33. The minimum absolute atomic E-state index is 0.224. The van der Waals surface area contributed by atoms with E-state index < -0.39 is 0 Å². The summed E-state index contributed by atoms with van der Waals surface area (Å²) in [6, 6.07) is 6.79. The highest BCUT2D eigenvalue weighted by Crippen LogP contribution is 2.10. The second-order valence-electron chi connectivity index (χ2n) is 2.20. The molecule has 0 unspecified atom stereocenters. The Morgan fingerprint density at radius 2 is 2.36 bits per heavy atom. The lowest BCUT2D eigenvalue weighted by Crippen LogP contribution is -1.78. The van der Waals surface area contributed by atoms with E-state index in [0.717, 1.165) is 5.56 Å². The van der Waals surface area contributed by atoms with Crippen molar-refractivity contribution in [1.82, 2.24) is 0 Å². The van der Waals surface area contributed by atoms with Crippen LogP contribution in [0.1, 0.15) is 5.56 Å². The fourth-order valence-corrected chi connectivity index (χ4v) is 0.843. The van der Waals surface area contributed by atoms with Gasteiger partial charge in [-0.1, -0.05) is 12.1 Å². The molecule has 1 rings (SSSR count). The highest BCUT2D eigenvalue weighted by molar-refractivity contribution is 5.46. The first-order valence-corrected chi connectivity index (χ1v) is 3.30. The van der Waals surface area contributed by atoms with Crippen molar-refractivity contribution in [2.75, 3.05) is 0 Å². The molecule has 0 fully saturated rings. The molecule has 2 nitrogen and oxygen atoms in total. The van der Waals surface area contributed by atoms with Gasteiger partial charge < -0.3 is 5.11 Å². The number of benzene rings is 1. The zero-order chi connectivity index (χ0) is 8.10. The Kier molecular flexibility index (Phi) is 2.47. The summed E-state index contributed by atoms with van der Waals surface area (Å²) in [6.07, 6.45) is 1.91. The molecule has 1 N–H and O–H groups in total. The molecule has 1 aromatic carbocycles. The molecule has 11 heavy (non-hydrogen) atoms. The van der Waals surface area contributed by atoms with E-state index in [2.05, 4.69) is 0 Å². The van der Waals surface area contributed by atoms with Crippen LogP contribution in [0, 0.1) is 0 Å². The number of hydrogen-bond donors (Lipinski definition) is 1. The molecule has 0 aliphatic rings. The van der Waals surface area contributed by atoms with E-state index in [1.54, 1.807) is 24.1 Å². The van der Waals surface area contributed by atoms with Crippen molar-refractivity contribution in [1.29, 1.82) is 0 Å². The molecule has 0 bridgehead atoms. The first kappa shape index (κ1) is 7.58. The second-order valence-corrected chi connectivity index (χ2v) is 2.20. The van der Waals surface area contributed by atoms with Crippen LogP contribution < -0.4 is 0 Å². The van der Waals surface area contributed by atoms with Crippen molar-refractivity contribution in [3.63, 3.8) is 0 Å². The van der Waals surface area contributed by atoms with Gasteiger partial charge in [-0.25, -0.2) is 4.79 Å². The summed E-state index contributed by atoms with van der Waals surface area (Å²) in [5.41, 5.74) is 0.911. The van der Waals surface area contributed by atoms with Gasteiger partial charge in [0.2, 0.25) is 0 Å². The van der Waals surface area contributed by atoms with Crippen molar-refractivity contribution >= 4 is 5.94 Å². The minimum Gasteiger partial charge on any atom is -0.508 e. The molecule has 0 amide bonds. The van der Waals surface area contributed by atoms with E-state index in [0.29, 0.717) is 6.42 Å². The van der Waals surface area contributed by atoms with Gasteiger partial charge in [0.1, 0.15) is 11.7 Å². The lowest BCUT2D eigenvalue weighted by molar-refractivity contribution is 0.474. The molecule has 2 heteroatoms. The monoisotopic (exact) mass is 148 g/mol. The van der Waals surface area contributed by atoms with Gasteiger partial charge in [-0.2, -0.15) is 0 Å². The number of hydrogen-bond acceptors (Lipinski definition) is 2. The van der Waals surface area contributed by atoms with Crippen molar-refractivity contribution in [2.24, 2.45) is 0 Å². The topological polar surface area (TPSA) is 37.3 Å². The maximum absolute atomic E-state index is 9.82. The van der Waals surface area contributed by atoms with Crippen LogP contribution in [0.3, 0.4) is 0 Å². The van der Waals surface area contributed by atoms with Crippen LogP contribution in [-0.4, -0.2) is 11.0 Å². The Hall–Kier alpha value is -1.53. The summed E-state index contributed by atoms with van der Waals surface area (Å²) < 4.78 is 0. The third kappa shape index (κ3) is 2.28. The normalized spacial score (nSPS) is 8.73. The number of allylic oxidation sites excluding steroid dienone is 1. The van der Waals surface area contributed by atoms with E-state index in [-0.39, 0.29) is 5.75 Å². The standard InChI is InChI=1S/C9H8O2/c10-6-2-4-8-3-1-5-9(11)7-8/h1-3,5,7,11H,4H2. The van der Waals surface area contributed by atoms with Crippen LogP contribution in [0.25, 0.3) is 0 Å². The zero-order valence-corrected chi connectivity index (χ0v) is 5.95. The third-order valence-electron chi connectivity index (χ3n) is 1.33. The zero-order valence-electron chi connectivity index (χ0n) is 5.95. The predicted octanol–water partition coefficient (Wildman–Crippen LogP) is 1.32. The van der Waals surface area contributed by atoms with Gasteiger partial charge in [0.15, 0.2) is 0 Å². The first-order chi connectivity index (χ1) is 5.33. The Morgan fingerprint density at radius 3 is 3.00 bits per heavy atom. The number of rotatable bonds is 2. The summed E-state index contributed by atoms with van der Waals surface area (Å²) in [5, 5.41) is 9.00. The van der Waals surface area contributed by atoms with Crippen molar-refractivity contribution in [3.05, 3.63) is 35.9 Å². The quantitative estimate of drug-likeness (QED) is 0.642. The molecule has 0 atom stereocenters. The van der Waals surface area contributed by atoms with E-state index in [1.165, 1.54) is 6.08 Å². The van der Waals surface area contributed by atoms with E-state index in [9.17, 15) is 4.79 Å². The molecule has 0 aromatic heterocycles. The highest BCUT2D eigenvalue weighted by atomic mass is 16.3. The smallest absolute Gasteiger partial charge is 0.120 e. The molecule has 0 saturated carbocycles. The number of aromatic hydroxyl groups is 1. The lowest BCUT2D eigenvalue weighted by atomic mass is 10.1. The first-order valence-electron chi connectivity index (χ1n) is 3.30. The summed E-state index contributed by atoms with van der Waals surface area (Å²) in [4.78, 5) is 9.82. The molecular weight excluding hydrogens is 140 g/mol. The lowest BCUT2D eigenvalue weighted by Gasteiger charge is -1.94. The van der Waals surface area contributed by atoms with Crippen LogP contribution >= 0.6 is 0 Å². The van der Waals surface area contributed by atoms with Crippen molar-refractivity contribution < 1.29 is 9.90 Å². The summed E-state index contributed by atoms with van der Waals surface area (Å²) in [7, 11) is 0. The molecule has 0 spiro atoms. The second kappa shape index (κ2) is 3.59. The van der Waals surface area contributed by atoms with E-state index >= 15 is 0 Å². The number of carbonyl (C=O) groups excluding carboxylic acids is 1. The van der Waals surface area contributed by atoms with Gasteiger partial charge in [0, 0.05) is 12.5 Å². The fourth-order valence-electron chi connectivity index (χ4n) is 0.843. The minimum atomic E-state index is 0.224. The summed E-state index contributed by atoms with van der Waals surface area (Å²) in [6.45, 7) is 0. The Bertz CT molecular complexity index is 285. The van der Waals surface area contributed by atoms with Crippen molar-refractivity contribution in [3.8, 4) is 5.75 Å². The molecular formula is C9H8O2. The Labute approximate surface area is 64.8 Å². The largest absolute Gasteiger partial charge is 0.508 e.